The van der Waals surface area contributed by atoms with Crippen LogP contribution < -0.4 is 10.6 Å². The fourth-order valence-corrected chi connectivity index (χ4v) is 2.69. The van der Waals surface area contributed by atoms with Crippen molar-refractivity contribution in [3.8, 4) is 0 Å². The molecule has 3 heteroatoms. The van der Waals surface area contributed by atoms with Gasteiger partial charge in [-0.15, -0.1) is 0 Å². The van der Waals surface area contributed by atoms with Gasteiger partial charge < -0.3 is 10.6 Å². The molecule has 2 aromatic carbocycles. The normalized spacial score (nSPS) is 10.3. The summed E-state index contributed by atoms with van der Waals surface area (Å²) < 4.78 is 0. The molecule has 2 nitrogen and oxygen atoms in total. The van der Waals surface area contributed by atoms with Crippen LogP contribution in [0.25, 0.3) is 0 Å². The lowest BCUT2D eigenvalue weighted by Crippen LogP contribution is -2.36. The van der Waals surface area contributed by atoms with Crippen LogP contribution in [0.5, 0.6) is 0 Å². The van der Waals surface area contributed by atoms with Gasteiger partial charge in [-0.25, -0.2) is 0 Å². The van der Waals surface area contributed by atoms with Gasteiger partial charge in [-0.1, -0.05) is 72.8 Å². The molecule has 0 unspecified atom stereocenters. The molecule has 0 aliphatic rings. The van der Waals surface area contributed by atoms with E-state index in [9.17, 15) is 0 Å². The van der Waals surface area contributed by atoms with Gasteiger partial charge in [0.1, 0.15) is 0 Å². The van der Waals surface area contributed by atoms with E-state index < -0.39 is 0 Å². The number of hydrogen-bond donors (Lipinski definition) is 2. The maximum atomic E-state index is 5.29. The van der Waals surface area contributed by atoms with Gasteiger partial charge >= 0.3 is 0 Å². The van der Waals surface area contributed by atoms with Gasteiger partial charge in [0, 0.05) is 19.0 Å². The Hall–Kier alpha value is -2.13. The van der Waals surface area contributed by atoms with Gasteiger partial charge in [0.15, 0.2) is 5.11 Å². The first-order valence-electron chi connectivity index (χ1n) is 7.93. The Balaban J connectivity index is 1.97. The number of benzene rings is 2. The maximum absolute atomic E-state index is 5.29. The zero-order chi connectivity index (χ0) is 16.5. The molecule has 0 saturated heterocycles. The molecule has 2 N–H and O–H groups in total. The summed E-state index contributed by atoms with van der Waals surface area (Å²) in [5.74, 6) is 0.369. The smallest absolute Gasteiger partial charge is 0.166 e. The van der Waals surface area contributed by atoms with Crippen molar-refractivity contribution in [1.82, 2.24) is 10.6 Å². The molecule has 0 bridgehead atoms. The average molecular weight is 324 g/mol. The Morgan fingerprint density at radius 3 is 1.96 bits per heavy atom. The van der Waals surface area contributed by atoms with E-state index in [-0.39, 0.29) is 0 Å². The van der Waals surface area contributed by atoms with E-state index in [0.29, 0.717) is 17.6 Å². The molecule has 2 rings (SSSR count). The lowest BCUT2D eigenvalue weighted by atomic mass is 9.88. The highest BCUT2D eigenvalue weighted by atomic mass is 32.1. The van der Waals surface area contributed by atoms with E-state index in [1.54, 1.807) is 0 Å². The van der Waals surface area contributed by atoms with E-state index in [0.717, 1.165) is 18.5 Å². The summed E-state index contributed by atoms with van der Waals surface area (Å²) >= 11 is 5.29. The molecule has 0 amide bonds. The summed E-state index contributed by atoms with van der Waals surface area (Å²) in [5.41, 5.74) is 3.74. The van der Waals surface area contributed by atoms with Crippen LogP contribution in [0.3, 0.4) is 0 Å². The van der Waals surface area contributed by atoms with Crippen LogP contribution in [0.2, 0.25) is 0 Å². The minimum Gasteiger partial charge on any atom is -0.363 e. The van der Waals surface area contributed by atoms with E-state index >= 15 is 0 Å². The lowest BCUT2D eigenvalue weighted by molar-refractivity contribution is 0.687. The number of thiocarbonyl (C=S) groups is 1. The second-order valence-corrected chi connectivity index (χ2v) is 6.14. The third-order valence-corrected chi connectivity index (χ3v) is 3.96. The van der Waals surface area contributed by atoms with E-state index in [1.807, 2.05) is 6.92 Å². The Labute approximate surface area is 144 Å². The van der Waals surface area contributed by atoms with Gasteiger partial charge in [-0.2, -0.15) is 0 Å². The Kier molecular flexibility index (Phi) is 6.82. The van der Waals surface area contributed by atoms with Gasteiger partial charge in [0.25, 0.3) is 0 Å². The van der Waals surface area contributed by atoms with E-state index in [4.69, 9.17) is 12.2 Å². The van der Waals surface area contributed by atoms with Crippen molar-refractivity contribution >= 4 is 17.3 Å². The minimum absolute atomic E-state index is 0.369. The molecule has 0 aliphatic carbocycles. The van der Waals surface area contributed by atoms with Crippen LogP contribution in [-0.4, -0.2) is 18.2 Å². The van der Waals surface area contributed by atoms with Crippen LogP contribution in [0.4, 0.5) is 0 Å². The van der Waals surface area contributed by atoms with Crippen molar-refractivity contribution in [1.29, 1.82) is 0 Å². The van der Waals surface area contributed by atoms with Crippen LogP contribution in [0.1, 0.15) is 30.4 Å². The Morgan fingerprint density at radius 2 is 1.48 bits per heavy atom. The van der Waals surface area contributed by atoms with Crippen LogP contribution in [-0.2, 0) is 0 Å². The summed E-state index contributed by atoms with van der Waals surface area (Å²) in [5, 5.41) is 7.13. The van der Waals surface area contributed by atoms with Crippen molar-refractivity contribution in [2.45, 2.75) is 19.3 Å². The Bertz CT molecular complexity index is 583. The number of hydrogen-bond acceptors (Lipinski definition) is 1. The van der Waals surface area contributed by atoms with Crippen LogP contribution in [0.15, 0.2) is 72.8 Å². The van der Waals surface area contributed by atoms with Crippen molar-refractivity contribution in [2.24, 2.45) is 0 Å². The average Bonchev–Trinajstić information content (AvgIpc) is 2.58. The molecule has 2 aromatic rings. The molecule has 0 fully saturated rings. The largest absolute Gasteiger partial charge is 0.363 e. The van der Waals surface area contributed by atoms with Gasteiger partial charge in [0.2, 0.25) is 0 Å². The highest BCUT2D eigenvalue weighted by Crippen LogP contribution is 2.27. The van der Waals surface area contributed by atoms with Gasteiger partial charge in [-0.3, -0.25) is 0 Å². The third-order valence-electron chi connectivity index (χ3n) is 3.67. The van der Waals surface area contributed by atoms with Crippen molar-refractivity contribution < 1.29 is 0 Å². The van der Waals surface area contributed by atoms with Gasteiger partial charge in [0.05, 0.1) is 0 Å². The molecule has 0 radical (unpaired) electrons. The maximum Gasteiger partial charge on any atom is 0.166 e. The van der Waals surface area contributed by atoms with Crippen LogP contribution in [0, 0.1) is 0 Å². The first-order chi connectivity index (χ1) is 11.2. The molecule has 120 valence electrons. The summed E-state index contributed by atoms with van der Waals surface area (Å²) in [6.07, 6.45) is 0.989. The Morgan fingerprint density at radius 1 is 0.957 bits per heavy atom. The zero-order valence-electron chi connectivity index (χ0n) is 13.6. The van der Waals surface area contributed by atoms with Crippen LogP contribution >= 0.6 is 12.2 Å². The second kappa shape index (κ2) is 9.11. The molecule has 0 aromatic heterocycles. The lowest BCUT2D eigenvalue weighted by Gasteiger charge is -2.19. The predicted octanol–water partition coefficient (Wildman–Crippen LogP) is 4.25. The summed E-state index contributed by atoms with van der Waals surface area (Å²) in [6.45, 7) is 7.39. The summed E-state index contributed by atoms with van der Waals surface area (Å²) in [7, 11) is 0. The quantitative estimate of drug-likeness (QED) is 0.588. The predicted molar refractivity (Wildman–Crippen MR) is 103 cm³/mol. The molecular formula is C20H24N2S. The fraction of sp³-hybridized carbons (Fsp3) is 0.250. The SMILES string of the molecule is C=C(C)CNC(=S)NCCC(c1ccccc1)c1ccccc1. The molecule has 0 atom stereocenters. The zero-order valence-corrected chi connectivity index (χ0v) is 14.4. The topological polar surface area (TPSA) is 24.1 Å². The minimum atomic E-state index is 0.369. The molecule has 0 saturated carbocycles. The second-order valence-electron chi connectivity index (χ2n) is 5.73. The standard InChI is InChI=1S/C20H24N2S/c1-16(2)15-22-20(23)21-14-13-19(17-9-5-3-6-10-17)18-11-7-4-8-12-18/h3-12,19H,1,13-15H2,2H3,(H2,21,22,23). The van der Waals surface area contributed by atoms with Crippen molar-refractivity contribution in [3.63, 3.8) is 0 Å². The van der Waals surface area contributed by atoms with Crippen molar-refractivity contribution in [3.05, 3.63) is 83.9 Å². The number of rotatable bonds is 7. The van der Waals surface area contributed by atoms with Gasteiger partial charge in [-0.05, 0) is 36.7 Å². The van der Waals surface area contributed by atoms with E-state index in [2.05, 4.69) is 77.9 Å². The van der Waals surface area contributed by atoms with E-state index in [1.165, 1.54) is 11.1 Å². The highest BCUT2D eigenvalue weighted by Gasteiger charge is 2.13. The first-order valence-corrected chi connectivity index (χ1v) is 8.33. The number of nitrogens with one attached hydrogen (secondary N) is 2. The molecule has 0 spiro atoms. The summed E-state index contributed by atoms with van der Waals surface area (Å²) in [4.78, 5) is 0. The molecule has 0 aliphatic heterocycles. The highest BCUT2D eigenvalue weighted by molar-refractivity contribution is 7.80. The monoisotopic (exact) mass is 324 g/mol. The first kappa shape index (κ1) is 17.2. The molecule has 0 heterocycles. The summed E-state index contributed by atoms with van der Waals surface area (Å²) in [6, 6.07) is 21.3. The third kappa shape index (κ3) is 5.87. The molecule has 23 heavy (non-hydrogen) atoms. The van der Waals surface area contributed by atoms with Crippen molar-refractivity contribution in [2.75, 3.05) is 13.1 Å². The molecular weight excluding hydrogens is 300 g/mol. The fourth-order valence-electron chi connectivity index (χ4n) is 2.52.